The summed E-state index contributed by atoms with van der Waals surface area (Å²) in [5, 5.41) is 18.2. The van der Waals surface area contributed by atoms with Crippen LogP contribution in [-0.2, 0) is 17.8 Å². The van der Waals surface area contributed by atoms with Crippen molar-refractivity contribution in [2.45, 2.75) is 32.5 Å². The Hall–Kier alpha value is -2.53. The lowest BCUT2D eigenvalue weighted by atomic mass is 10.1. The molecule has 0 atom stereocenters. The van der Waals surface area contributed by atoms with E-state index in [1.807, 2.05) is 36.4 Å². The van der Waals surface area contributed by atoms with Gasteiger partial charge in [-0.3, -0.25) is 0 Å². The number of aliphatic carboxylic acids is 1. The van der Waals surface area contributed by atoms with E-state index < -0.39 is 11.6 Å². The molecule has 128 valence electrons. The topological polar surface area (TPSA) is 76.0 Å². The average Bonchev–Trinajstić information content (AvgIpc) is 2.56. The first-order chi connectivity index (χ1) is 11.4. The molecular weight excluding hydrogens is 308 g/mol. The SMILES string of the molecule is CC(C)(Oc1ccc(CCOc2cccc(CO)c2)cc1)C(=O)O. The van der Waals surface area contributed by atoms with Crippen molar-refractivity contribution < 1.29 is 24.5 Å². The van der Waals surface area contributed by atoms with Crippen molar-refractivity contribution in [3.8, 4) is 11.5 Å². The van der Waals surface area contributed by atoms with Gasteiger partial charge in [0.2, 0.25) is 0 Å². The van der Waals surface area contributed by atoms with Crippen molar-refractivity contribution in [1.82, 2.24) is 0 Å². The first-order valence-corrected chi connectivity index (χ1v) is 7.74. The summed E-state index contributed by atoms with van der Waals surface area (Å²) < 4.78 is 11.1. The van der Waals surface area contributed by atoms with Crippen LogP contribution in [0.15, 0.2) is 48.5 Å². The van der Waals surface area contributed by atoms with Crippen LogP contribution in [-0.4, -0.2) is 28.4 Å². The van der Waals surface area contributed by atoms with E-state index in [9.17, 15) is 4.79 Å². The number of aliphatic hydroxyl groups is 1. The summed E-state index contributed by atoms with van der Waals surface area (Å²) in [4.78, 5) is 11.1. The number of ether oxygens (including phenoxy) is 2. The standard InChI is InChI=1S/C19H22O5/c1-19(2,18(21)22)24-16-8-6-14(7-9-16)10-11-23-17-5-3-4-15(12-17)13-20/h3-9,12,20H,10-11,13H2,1-2H3,(H,21,22). The fraction of sp³-hybridized carbons (Fsp3) is 0.316. The molecule has 0 aromatic heterocycles. The third-order valence-electron chi connectivity index (χ3n) is 3.55. The zero-order valence-corrected chi connectivity index (χ0v) is 13.9. The Kier molecular flexibility index (Phi) is 5.82. The molecule has 0 aliphatic heterocycles. The molecule has 0 amide bonds. The van der Waals surface area contributed by atoms with E-state index in [-0.39, 0.29) is 6.61 Å². The van der Waals surface area contributed by atoms with Crippen molar-refractivity contribution in [1.29, 1.82) is 0 Å². The number of hydrogen-bond donors (Lipinski definition) is 2. The van der Waals surface area contributed by atoms with Crippen LogP contribution in [0, 0.1) is 0 Å². The van der Waals surface area contributed by atoms with Crippen molar-refractivity contribution in [2.24, 2.45) is 0 Å². The molecule has 0 aliphatic carbocycles. The van der Waals surface area contributed by atoms with E-state index in [2.05, 4.69) is 0 Å². The first kappa shape index (κ1) is 17.8. The van der Waals surface area contributed by atoms with Gasteiger partial charge in [0.05, 0.1) is 13.2 Å². The first-order valence-electron chi connectivity index (χ1n) is 7.74. The summed E-state index contributed by atoms with van der Waals surface area (Å²) in [5.74, 6) is 0.234. The number of carboxylic acid groups (broad SMARTS) is 1. The van der Waals surface area contributed by atoms with Gasteiger partial charge >= 0.3 is 5.97 Å². The van der Waals surface area contributed by atoms with E-state index in [1.165, 1.54) is 13.8 Å². The molecule has 2 rings (SSSR count). The summed E-state index contributed by atoms with van der Waals surface area (Å²) in [7, 11) is 0. The third-order valence-corrected chi connectivity index (χ3v) is 3.55. The predicted molar refractivity (Wildman–Crippen MR) is 90.3 cm³/mol. The van der Waals surface area contributed by atoms with Crippen LogP contribution in [0.2, 0.25) is 0 Å². The van der Waals surface area contributed by atoms with Crippen LogP contribution < -0.4 is 9.47 Å². The molecule has 0 unspecified atom stereocenters. The summed E-state index contributed by atoms with van der Waals surface area (Å²) >= 11 is 0. The maximum atomic E-state index is 11.1. The highest BCUT2D eigenvalue weighted by Crippen LogP contribution is 2.20. The fourth-order valence-corrected chi connectivity index (χ4v) is 2.08. The van der Waals surface area contributed by atoms with Crippen LogP contribution in [0.4, 0.5) is 0 Å². The van der Waals surface area contributed by atoms with E-state index in [1.54, 1.807) is 12.1 Å². The monoisotopic (exact) mass is 330 g/mol. The van der Waals surface area contributed by atoms with Crippen LogP contribution in [0.3, 0.4) is 0 Å². The Labute approximate surface area is 141 Å². The molecule has 2 aromatic carbocycles. The second kappa shape index (κ2) is 7.84. The maximum absolute atomic E-state index is 11.1. The minimum atomic E-state index is -1.26. The van der Waals surface area contributed by atoms with Gasteiger partial charge < -0.3 is 19.7 Å². The molecular formula is C19H22O5. The number of aliphatic hydroxyl groups excluding tert-OH is 1. The van der Waals surface area contributed by atoms with Gasteiger partial charge in [0, 0.05) is 6.42 Å². The second-order valence-corrected chi connectivity index (χ2v) is 5.97. The number of hydrogen-bond acceptors (Lipinski definition) is 4. The number of carboxylic acids is 1. The normalized spacial score (nSPS) is 11.1. The lowest BCUT2D eigenvalue weighted by molar-refractivity contribution is -0.152. The lowest BCUT2D eigenvalue weighted by Crippen LogP contribution is -2.37. The second-order valence-electron chi connectivity index (χ2n) is 5.97. The van der Waals surface area contributed by atoms with E-state index in [0.29, 0.717) is 18.8 Å². The molecule has 0 bridgehead atoms. The molecule has 5 heteroatoms. The minimum Gasteiger partial charge on any atom is -0.493 e. The highest BCUT2D eigenvalue weighted by Gasteiger charge is 2.29. The predicted octanol–water partition coefficient (Wildman–Crippen LogP) is 3.04. The molecule has 0 saturated carbocycles. The van der Waals surface area contributed by atoms with Gasteiger partial charge in [-0.1, -0.05) is 24.3 Å². The highest BCUT2D eigenvalue weighted by atomic mass is 16.5. The molecule has 0 saturated heterocycles. The molecule has 0 aliphatic rings. The van der Waals surface area contributed by atoms with Crippen molar-refractivity contribution >= 4 is 5.97 Å². The quantitative estimate of drug-likeness (QED) is 0.778. The maximum Gasteiger partial charge on any atom is 0.347 e. The summed E-state index contributed by atoms with van der Waals surface area (Å²) in [6.45, 7) is 3.52. The molecule has 2 aromatic rings. The number of carbonyl (C=O) groups is 1. The zero-order chi connectivity index (χ0) is 17.6. The van der Waals surface area contributed by atoms with E-state index in [0.717, 1.165) is 16.9 Å². The van der Waals surface area contributed by atoms with Crippen LogP contribution in [0.25, 0.3) is 0 Å². The van der Waals surface area contributed by atoms with Crippen molar-refractivity contribution in [3.05, 3.63) is 59.7 Å². The van der Waals surface area contributed by atoms with Gasteiger partial charge in [-0.2, -0.15) is 0 Å². The summed E-state index contributed by atoms with van der Waals surface area (Å²) in [6.07, 6.45) is 0.714. The van der Waals surface area contributed by atoms with Gasteiger partial charge in [0.15, 0.2) is 5.60 Å². The molecule has 0 spiro atoms. The smallest absolute Gasteiger partial charge is 0.347 e. The van der Waals surface area contributed by atoms with Gasteiger partial charge in [-0.15, -0.1) is 0 Å². The Morgan fingerprint density at radius 1 is 1.04 bits per heavy atom. The van der Waals surface area contributed by atoms with Crippen LogP contribution in [0.1, 0.15) is 25.0 Å². The third kappa shape index (κ3) is 4.99. The Balaban J connectivity index is 1.86. The molecule has 0 fully saturated rings. The van der Waals surface area contributed by atoms with Gasteiger partial charge in [-0.25, -0.2) is 4.79 Å². The summed E-state index contributed by atoms with van der Waals surface area (Å²) in [6, 6.07) is 14.6. The van der Waals surface area contributed by atoms with Gasteiger partial charge in [-0.05, 0) is 49.2 Å². The Morgan fingerprint density at radius 2 is 1.75 bits per heavy atom. The number of benzene rings is 2. The van der Waals surface area contributed by atoms with Gasteiger partial charge in [0.25, 0.3) is 0 Å². The fourth-order valence-electron chi connectivity index (χ4n) is 2.08. The van der Waals surface area contributed by atoms with Crippen LogP contribution >= 0.6 is 0 Å². The average molecular weight is 330 g/mol. The number of rotatable bonds is 8. The molecule has 0 heterocycles. The zero-order valence-electron chi connectivity index (χ0n) is 13.9. The minimum absolute atomic E-state index is 0.00858. The van der Waals surface area contributed by atoms with Crippen LogP contribution in [0.5, 0.6) is 11.5 Å². The summed E-state index contributed by atoms with van der Waals surface area (Å²) in [5.41, 5.74) is 0.617. The van der Waals surface area contributed by atoms with E-state index >= 15 is 0 Å². The Bertz CT molecular complexity index is 676. The van der Waals surface area contributed by atoms with E-state index in [4.69, 9.17) is 19.7 Å². The van der Waals surface area contributed by atoms with Gasteiger partial charge in [0.1, 0.15) is 11.5 Å². The van der Waals surface area contributed by atoms with Crippen molar-refractivity contribution in [2.75, 3.05) is 6.61 Å². The lowest BCUT2D eigenvalue weighted by Gasteiger charge is -2.21. The largest absolute Gasteiger partial charge is 0.493 e. The molecule has 2 N–H and O–H groups in total. The molecule has 24 heavy (non-hydrogen) atoms. The molecule has 5 nitrogen and oxygen atoms in total. The Morgan fingerprint density at radius 3 is 2.38 bits per heavy atom. The molecule has 0 radical (unpaired) electrons. The van der Waals surface area contributed by atoms with Crippen molar-refractivity contribution in [3.63, 3.8) is 0 Å². The highest BCUT2D eigenvalue weighted by molar-refractivity contribution is 5.76.